The molecule has 0 fully saturated rings. The minimum absolute atomic E-state index is 0.0853. The summed E-state index contributed by atoms with van der Waals surface area (Å²) < 4.78 is 23.4. The normalized spacial score (nSPS) is 12.2. The summed E-state index contributed by atoms with van der Waals surface area (Å²) in [4.78, 5) is 11.1. The molecule has 1 N–H and O–H groups in total. The maximum absolute atomic E-state index is 11.1. The van der Waals surface area contributed by atoms with E-state index in [9.17, 15) is 9.00 Å². The first kappa shape index (κ1) is 13.4. The van der Waals surface area contributed by atoms with Crippen LogP contribution in [0.1, 0.15) is 10.4 Å². The molecule has 0 aliphatic heterocycles. The van der Waals surface area contributed by atoms with E-state index in [1.807, 2.05) is 0 Å². The van der Waals surface area contributed by atoms with Gasteiger partial charge in [0.25, 0.3) is 5.24 Å². The minimum Gasteiger partial charge on any atom is -0.282 e. The third-order valence-electron chi connectivity index (χ3n) is 1.69. The summed E-state index contributed by atoms with van der Waals surface area (Å²) in [6.07, 6.45) is 0. The highest BCUT2D eigenvalue weighted by Crippen LogP contribution is 2.25. The van der Waals surface area contributed by atoms with Crippen LogP contribution in [0, 0.1) is 0 Å². The highest BCUT2D eigenvalue weighted by atomic mass is 35.5. The summed E-state index contributed by atoms with van der Waals surface area (Å²) in [5, 5.41) is 0.546. The first-order valence-corrected chi connectivity index (χ1v) is 5.73. The lowest BCUT2D eigenvalue weighted by molar-refractivity contribution is 0.108. The van der Waals surface area contributed by atoms with Crippen LogP contribution in [-0.2, 0) is 15.6 Å². The van der Waals surface area contributed by atoms with Crippen molar-refractivity contribution in [3.63, 3.8) is 0 Å². The summed E-state index contributed by atoms with van der Waals surface area (Å²) in [5.41, 5.74) is 0.328. The molecule has 88 valence electrons. The number of benzene rings is 1. The molecule has 0 aliphatic rings. The third-order valence-corrected chi connectivity index (χ3v) is 2.48. The van der Waals surface area contributed by atoms with Crippen LogP contribution in [0.25, 0.3) is 0 Å². The largest absolute Gasteiger partial charge is 0.325 e. The zero-order valence-corrected chi connectivity index (χ0v) is 10.3. The Morgan fingerprint density at radius 2 is 2.19 bits per heavy atom. The van der Waals surface area contributed by atoms with Crippen molar-refractivity contribution in [3.05, 3.63) is 28.8 Å². The molecule has 5 nitrogen and oxygen atoms in total. The molecule has 8 heteroatoms. The molecule has 1 unspecified atom stereocenters. The number of carbonyl (C=O) groups is 1. The molecule has 1 rings (SSSR count). The zero-order chi connectivity index (χ0) is 12.3. The molecule has 1 aromatic carbocycles. The van der Waals surface area contributed by atoms with E-state index in [1.165, 1.54) is 25.2 Å². The maximum Gasteiger partial charge on any atom is 0.325 e. The fourth-order valence-corrected chi connectivity index (χ4v) is 1.67. The number of nitrogens with zero attached hydrogens (tertiary/aromatic N) is 1. The Hall–Kier alpha value is -0.660. The van der Waals surface area contributed by atoms with Crippen molar-refractivity contribution in [3.8, 4) is 0 Å². The Kier molecular flexibility index (Phi) is 4.69. The average molecular weight is 284 g/mol. The standard InChI is InChI=1S/C8H7Cl2NO4S/c1-11(15-16(13)14)7-3-2-5(9)4-6(7)8(10)12/h2-4H,1H3,(H,13,14). The topological polar surface area (TPSA) is 66.8 Å². The van der Waals surface area contributed by atoms with Crippen LogP contribution in [0.4, 0.5) is 5.69 Å². The van der Waals surface area contributed by atoms with Crippen LogP contribution < -0.4 is 5.06 Å². The summed E-state index contributed by atoms with van der Waals surface area (Å²) in [6.45, 7) is 0. The predicted octanol–water partition coefficient (Wildman–Crippen LogP) is 2.22. The maximum atomic E-state index is 11.1. The van der Waals surface area contributed by atoms with Crippen molar-refractivity contribution in [2.45, 2.75) is 0 Å². The third kappa shape index (κ3) is 3.43. The highest BCUT2D eigenvalue weighted by Gasteiger charge is 2.15. The van der Waals surface area contributed by atoms with E-state index in [0.29, 0.717) is 5.02 Å². The molecule has 0 heterocycles. The van der Waals surface area contributed by atoms with Gasteiger partial charge in [-0.3, -0.25) is 9.35 Å². The molecule has 1 aromatic rings. The van der Waals surface area contributed by atoms with Gasteiger partial charge in [0.1, 0.15) is 0 Å². The van der Waals surface area contributed by atoms with Gasteiger partial charge in [-0.05, 0) is 29.8 Å². The SMILES string of the molecule is CN(OS(=O)O)c1ccc(Cl)cc1C(=O)Cl. The molecule has 0 saturated carbocycles. The minimum atomic E-state index is -2.48. The Balaban J connectivity index is 3.12. The van der Waals surface area contributed by atoms with Crippen molar-refractivity contribution >= 4 is 45.5 Å². The first-order valence-electron chi connectivity index (χ1n) is 3.94. The number of hydrogen-bond acceptors (Lipinski definition) is 4. The predicted molar refractivity (Wildman–Crippen MR) is 61.9 cm³/mol. The van der Waals surface area contributed by atoms with Gasteiger partial charge in [-0.25, -0.2) is 5.06 Å². The second-order valence-electron chi connectivity index (χ2n) is 2.72. The van der Waals surface area contributed by atoms with E-state index < -0.39 is 16.6 Å². The summed E-state index contributed by atoms with van der Waals surface area (Å²) in [5.74, 6) is 0. The Labute approximate surface area is 104 Å². The molecule has 0 aromatic heterocycles. The quantitative estimate of drug-likeness (QED) is 0.521. The van der Waals surface area contributed by atoms with E-state index in [0.717, 1.165) is 5.06 Å². The second-order valence-corrected chi connectivity index (χ2v) is 4.09. The molecular formula is C8H7Cl2NO4S. The fourth-order valence-electron chi connectivity index (χ4n) is 1.08. The van der Waals surface area contributed by atoms with Crippen LogP contribution in [-0.4, -0.2) is 21.1 Å². The van der Waals surface area contributed by atoms with Crippen molar-refractivity contribution in [2.24, 2.45) is 0 Å². The molecule has 16 heavy (non-hydrogen) atoms. The van der Waals surface area contributed by atoms with E-state index in [1.54, 1.807) is 0 Å². The molecule has 1 atom stereocenters. The molecule has 0 spiro atoms. The lowest BCUT2D eigenvalue weighted by Crippen LogP contribution is -2.20. The fraction of sp³-hybridized carbons (Fsp3) is 0.125. The molecule has 0 bridgehead atoms. The van der Waals surface area contributed by atoms with Crippen LogP contribution in [0.15, 0.2) is 18.2 Å². The van der Waals surface area contributed by atoms with Gasteiger partial charge < -0.3 is 0 Å². The molecular weight excluding hydrogens is 277 g/mol. The molecule has 0 saturated heterocycles. The van der Waals surface area contributed by atoms with Gasteiger partial charge in [0, 0.05) is 12.1 Å². The second kappa shape index (κ2) is 5.60. The number of hydroxylamine groups is 1. The Morgan fingerprint density at radius 1 is 1.56 bits per heavy atom. The monoisotopic (exact) mass is 283 g/mol. The Bertz CT molecular complexity index is 440. The van der Waals surface area contributed by atoms with Gasteiger partial charge >= 0.3 is 11.4 Å². The number of halogens is 2. The van der Waals surface area contributed by atoms with Crippen LogP contribution in [0.3, 0.4) is 0 Å². The van der Waals surface area contributed by atoms with Gasteiger partial charge in [0.15, 0.2) is 0 Å². The van der Waals surface area contributed by atoms with E-state index in [-0.39, 0.29) is 11.3 Å². The highest BCUT2D eigenvalue weighted by molar-refractivity contribution is 7.74. The van der Waals surface area contributed by atoms with Gasteiger partial charge in [-0.2, -0.15) is 4.21 Å². The lowest BCUT2D eigenvalue weighted by atomic mass is 10.2. The molecule has 0 amide bonds. The number of carbonyl (C=O) groups excluding carboxylic acids is 1. The van der Waals surface area contributed by atoms with Crippen molar-refractivity contribution in [2.75, 3.05) is 12.1 Å². The number of rotatable bonds is 4. The summed E-state index contributed by atoms with van der Waals surface area (Å²) in [6, 6.07) is 4.29. The zero-order valence-electron chi connectivity index (χ0n) is 8.02. The van der Waals surface area contributed by atoms with Crippen LogP contribution >= 0.6 is 23.2 Å². The van der Waals surface area contributed by atoms with Gasteiger partial charge in [0.05, 0.1) is 11.3 Å². The van der Waals surface area contributed by atoms with Gasteiger partial charge in [0.2, 0.25) is 0 Å². The van der Waals surface area contributed by atoms with E-state index >= 15 is 0 Å². The number of hydrogen-bond donors (Lipinski definition) is 1. The van der Waals surface area contributed by atoms with Gasteiger partial charge in [-0.1, -0.05) is 11.6 Å². The number of anilines is 1. The van der Waals surface area contributed by atoms with Crippen molar-refractivity contribution < 1.29 is 17.8 Å². The summed E-state index contributed by atoms with van der Waals surface area (Å²) >= 11 is 8.55. The lowest BCUT2D eigenvalue weighted by Gasteiger charge is -2.17. The van der Waals surface area contributed by atoms with Crippen molar-refractivity contribution in [1.82, 2.24) is 0 Å². The summed E-state index contributed by atoms with van der Waals surface area (Å²) in [7, 11) is 1.36. The van der Waals surface area contributed by atoms with Gasteiger partial charge in [-0.15, -0.1) is 4.28 Å². The van der Waals surface area contributed by atoms with Crippen LogP contribution in [0.5, 0.6) is 0 Å². The molecule has 0 radical (unpaired) electrons. The van der Waals surface area contributed by atoms with Crippen LogP contribution in [0.2, 0.25) is 5.02 Å². The Morgan fingerprint density at radius 3 is 2.69 bits per heavy atom. The molecule has 0 aliphatic carbocycles. The van der Waals surface area contributed by atoms with Crippen molar-refractivity contribution in [1.29, 1.82) is 0 Å². The first-order chi connectivity index (χ1) is 7.41. The van der Waals surface area contributed by atoms with E-state index in [2.05, 4.69) is 4.28 Å². The average Bonchev–Trinajstić information content (AvgIpc) is 2.16. The smallest absolute Gasteiger partial charge is 0.282 e. The van der Waals surface area contributed by atoms with E-state index in [4.69, 9.17) is 27.8 Å².